The van der Waals surface area contributed by atoms with Gasteiger partial charge in [0, 0.05) is 5.69 Å². The van der Waals surface area contributed by atoms with Crippen LogP contribution in [0.1, 0.15) is 0 Å². The van der Waals surface area contributed by atoms with Gasteiger partial charge in [-0.05, 0) is 12.1 Å². The number of para-hydroxylation sites is 1. The lowest BCUT2D eigenvalue weighted by Crippen LogP contribution is -2.42. The fourth-order valence-electron chi connectivity index (χ4n) is 1.17. The van der Waals surface area contributed by atoms with E-state index in [1.807, 2.05) is 0 Å². The molecule has 0 aliphatic carbocycles. The van der Waals surface area contributed by atoms with E-state index in [-0.39, 0.29) is 0 Å². The van der Waals surface area contributed by atoms with Crippen LogP contribution in [0, 0.1) is 0 Å². The molecule has 2 atom stereocenters. The van der Waals surface area contributed by atoms with Crippen molar-refractivity contribution >= 4 is 11.6 Å². The molecule has 1 amide bonds. The molecule has 0 saturated heterocycles. The van der Waals surface area contributed by atoms with Crippen molar-refractivity contribution < 1.29 is 18.1 Å². The highest BCUT2D eigenvalue weighted by Gasteiger charge is 2.28. The molecule has 6 heteroatoms. The minimum absolute atomic E-state index is 0.458. The van der Waals surface area contributed by atoms with Gasteiger partial charge in [0.1, 0.15) is 6.67 Å². The molecule has 0 aliphatic heterocycles. The normalized spacial score (nSPS) is 13.9. The van der Waals surface area contributed by atoms with Gasteiger partial charge in [0.15, 0.2) is 0 Å². The van der Waals surface area contributed by atoms with E-state index in [9.17, 15) is 18.1 Å². The van der Waals surface area contributed by atoms with E-state index < -0.39 is 24.8 Å². The maximum absolute atomic E-state index is 13.2. The van der Waals surface area contributed by atoms with Crippen molar-refractivity contribution in [2.75, 3.05) is 12.0 Å². The van der Waals surface area contributed by atoms with Crippen LogP contribution >= 0.6 is 0 Å². The van der Waals surface area contributed by atoms with Gasteiger partial charge in [-0.15, -0.1) is 4.48 Å². The lowest BCUT2D eigenvalue weighted by Gasteiger charge is -2.18. The first-order chi connectivity index (χ1) is 7.69. The van der Waals surface area contributed by atoms with Gasteiger partial charge in [-0.1, -0.05) is 18.2 Å². The number of halogens is 3. The fraction of sp³-hybridized carbons (Fsp3) is 0.300. The van der Waals surface area contributed by atoms with Crippen LogP contribution in [-0.4, -0.2) is 24.8 Å². The summed E-state index contributed by atoms with van der Waals surface area (Å²) >= 11 is 0. The summed E-state index contributed by atoms with van der Waals surface area (Å²) in [6.45, 7) is -1.12. The van der Waals surface area contributed by atoms with Gasteiger partial charge in [-0.25, -0.2) is 8.78 Å². The number of carbonyl (C=O) groups excluding carboxylic acids is 1. The second-order valence-corrected chi connectivity index (χ2v) is 3.13. The predicted molar refractivity (Wildman–Crippen MR) is 54.0 cm³/mol. The zero-order valence-electron chi connectivity index (χ0n) is 8.29. The molecule has 2 N–H and O–H groups in total. The van der Waals surface area contributed by atoms with Gasteiger partial charge in [-0.3, -0.25) is 4.79 Å². The van der Waals surface area contributed by atoms with Crippen molar-refractivity contribution in [3.63, 3.8) is 0 Å². The Balaban J connectivity index is 2.65. The second-order valence-electron chi connectivity index (χ2n) is 3.13. The number of alkyl halides is 2. The van der Waals surface area contributed by atoms with E-state index >= 15 is 0 Å². The second kappa shape index (κ2) is 5.99. The van der Waals surface area contributed by atoms with Crippen LogP contribution in [0.25, 0.3) is 0 Å². The summed E-state index contributed by atoms with van der Waals surface area (Å²) in [5.41, 5.74) is 1.10. The van der Waals surface area contributed by atoms with Crippen LogP contribution in [-0.2, 0) is 4.79 Å². The van der Waals surface area contributed by atoms with Crippen molar-refractivity contribution in [3.05, 3.63) is 30.3 Å². The number of hydrogen-bond acceptors (Lipinski definition) is 2. The molecule has 0 bridgehead atoms. The van der Waals surface area contributed by atoms with Crippen molar-refractivity contribution in [2.45, 2.75) is 12.2 Å². The Morgan fingerprint density at radius 3 is 2.44 bits per heavy atom. The summed E-state index contributed by atoms with van der Waals surface area (Å²) in [6, 6.07) is 6.83. The Kier molecular flexibility index (Phi) is 4.63. The Hall–Kier alpha value is -1.72. The molecule has 0 spiro atoms. The third kappa shape index (κ3) is 3.15. The molecule has 1 aromatic carbocycles. The molecule has 0 aliphatic rings. The summed E-state index contributed by atoms with van der Waals surface area (Å²) in [6.07, 6.45) is -2.28. The van der Waals surface area contributed by atoms with E-state index in [0.29, 0.717) is 11.2 Å². The molecule has 88 valence electrons. The van der Waals surface area contributed by atoms with Crippen molar-refractivity contribution in [2.24, 2.45) is 0 Å². The highest BCUT2D eigenvalue weighted by atomic mass is 19.2. The monoisotopic (exact) mass is 232 g/mol. The molecule has 0 saturated carbocycles. The minimum Gasteiger partial charge on any atom is -0.376 e. The van der Waals surface area contributed by atoms with Gasteiger partial charge in [-0.2, -0.15) is 5.54 Å². The lowest BCUT2D eigenvalue weighted by atomic mass is 10.1. The maximum atomic E-state index is 13.2. The average Bonchev–Trinajstić information content (AvgIpc) is 2.35. The molecule has 3 nitrogen and oxygen atoms in total. The third-order valence-corrected chi connectivity index (χ3v) is 1.99. The molecule has 0 radical (unpaired) electrons. The molecule has 1 rings (SSSR count). The Morgan fingerprint density at radius 2 is 1.94 bits per heavy atom. The van der Waals surface area contributed by atoms with Crippen LogP contribution in [0.3, 0.4) is 0 Å². The van der Waals surface area contributed by atoms with Crippen molar-refractivity contribution in [1.82, 2.24) is 5.54 Å². The predicted octanol–water partition coefficient (Wildman–Crippen LogP) is 1.78. The molecule has 16 heavy (non-hydrogen) atoms. The highest BCUT2D eigenvalue weighted by Crippen LogP contribution is 2.11. The van der Waals surface area contributed by atoms with Gasteiger partial charge in [0.2, 0.25) is 6.17 Å². The molecule has 1 aromatic rings. The van der Waals surface area contributed by atoms with Crippen LogP contribution < -0.4 is 10.9 Å². The summed E-state index contributed by atoms with van der Waals surface area (Å²) in [4.78, 5) is 10.6. The Morgan fingerprint density at radius 1 is 1.31 bits per heavy atom. The van der Waals surface area contributed by atoms with E-state index in [1.165, 1.54) is 0 Å². The van der Waals surface area contributed by atoms with Gasteiger partial charge >= 0.3 is 0 Å². The van der Waals surface area contributed by atoms with Gasteiger partial charge in [0.05, 0.1) is 6.04 Å². The van der Waals surface area contributed by atoms with Crippen molar-refractivity contribution in [3.8, 4) is 0 Å². The zero-order chi connectivity index (χ0) is 12.0. The largest absolute Gasteiger partial charge is 0.376 e. The number of benzene rings is 1. The van der Waals surface area contributed by atoms with Crippen LogP contribution in [0.15, 0.2) is 30.3 Å². The first-order valence-electron chi connectivity index (χ1n) is 4.61. The molecular weight excluding hydrogens is 221 g/mol. The standard InChI is InChI=1S/C10H11F3N2O/c11-6-8(9(12)10(16)15-13)14-7-4-2-1-3-5-7/h1-5,8-9,14H,6H2,(H,15,16). The third-order valence-electron chi connectivity index (χ3n) is 1.99. The van der Waals surface area contributed by atoms with Crippen LogP contribution in [0.2, 0.25) is 0 Å². The Labute approximate surface area is 90.6 Å². The van der Waals surface area contributed by atoms with Crippen LogP contribution in [0.5, 0.6) is 0 Å². The van der Waals surface area contributed by atoms with E-state index in [4.69, 9.17) is 0 Å². The van der Waals surface area contributed by atoms with Crippen LogP contribution in [0.4, 0.5) is 18.9 Å². The number of amides is 1. The minimum atomic E-state index is -2.28. The van der Waals surface area contributed by atoms with E-state index in [2.05, 4.69) is 5.32 Å². The summed E-state index contributed by atoms with van der Waals surface area (Å²) in [7, 11) is 0. The summed E-state index contributed by atoms with van der Waals surface area (Å²) in [5, 5.41) is 2.47. The summed E-state index contributed by atoms with van der Waals surface area (Å²) < 4.78 is 37.4. The zero-order valence-corrected chi connectivity index (χ0v) is 8.29. The first kappa shape index (κ1) is 12.4. The van der Waals surface area contributed by atoms with Gasteiger partial charge in [0.25, 0.3) is 5.91 Å². The fourth-order valence-corrected chi connectivity index (χ4v) is 1.17. The molecule has 0 aromatic heterocycles. The number of carbonyl (C=O) groups is 1. The quantitative estimate of drug-likeness (QED) is 0.760. The lowest BCUT2D eigenvalue weighted by molar-refractivity contribution is -0.130. The topological polar surface area (TPSA) is 41.1 Å². The number of anilines is 1. The molecule has 0 fully saturated rings. The number of nitrogens with one attached hydrogen (secondary N) is 2. The first-order valence-corrected chi connectivity index (χ1v) is 4.61. The average molecular weight is 232 g/mol. The maximum Gasteiger partial charge on any atom is 0.284 e. The Bertz CT molecular complexity index is 334. The number of rotatable bonds is 5. The smallest absolute Gasteiger partial charge is 0.284 e. The van der Waals surface area contributed by atoms with Crippen molar-refractivity contribution in [1.29, 1.82) is 0 Å². The highest BCUT2D eigenvalue weighted by molar-refractivity contribution is 5.80. The molecular formula is C10H11F3N2O. The SMILES string of the molecule is O=C(NF)C(F)C(CF)Nc1ccccc1. The van der Waals surface area contributed by atoms with Gasteiger partial charge < -0.3 is 5.32 Å². The summed E-state index contributed by atoms with van der Waals surface area (Å²) in [5.74, 6) is -1.49. The van der Waals surface area contributed by atoms with E-state index in [1.54, 1.807) is 30.3 Å². The molecule has 2 unspecified atom stereocenters. The van der Waals surface area contributed by atoms with E-state index in [0.717, 1.165) is 0 Å². The molecule has 0 heterocycles. The number of hydrogen-bond donors (Lipinski definition) is 2.